The zero-order chi connectivity index (χ0) is 19.5. The van der Waals surface area contributed by atoms with Gasteiger partial charge >= 0.3 is 0 Å². The standard InChI is InChI=1S/C21H20N6O/c1-13-7-15(9-23-8-13)17-11-27-18(5-6-24-27)19(25-17)26-10-14(2)21(12-22,20(26)28)16-3-4-16/h5-9,11,14,16H,3-4,10H2,1-2H3/t14-,21+/m1/s1. The second kappa shape index (κ2) is 5.86. The van der Waals surface area contributed by atoms with E-state index in [9.17, 15) is 10.1 Å². The minimum Gasteiger partial charge on any atom is -0.293 e. The van der Waals surface area contributed by atoms with Gasteiger partial charge in [-0.25, -0.2) is 9.50 Å². The summed E-state index contributed by atoms with van der Waals surface area (Å²) in [5.41, 5.74) is 2.43. The van der Waals surface area contributed by atoms with E-state index >= 15 is 0 Å². The quantitative estimate of drug-likeness (QED) is 0.705. The van der Waals surface area contributed by atoms with Gasteiger partial charge in [0.15, 0.2) is 5.82 Å². The summed E-state index contributed by atoms with van der Waals surface area (Å²) >= 11 is 0. The van der Waals surface area contributed by atoms with Crippen LogP contribution in [0.2, 0.25) is 0 Å². The highest BCUT2D eigenvalue weighted by Crippen LogP contribution is 2.54. The van der Waals surface area contributed by atoms with Crippen molar-refractivity contribution in [2.75, 3.05) is 11.4 Å². The van der Waals surface area contributed by atoms with E-state index in [0.29, 0.717) is 18.1 Å². The van der Waals surface area contributed by atoms with Gasteiger partial charge in [0.1, 0.15) is 10.9 Å². The highest BCUT2D eigenvalue weighted by molar-refractivity contribution is 6.04. The van der Waals surface area contributed by atoms with E-state index in [4.69, 9.17) is 4.98 Å². The molecule has 1 aliphatic heterocycles. The Morgan fingerprint density at radius 1 is 1.32 bits per heavy atom. The van der Waals surface area contributed by atoms with E-state index in [0.717, 1.165) is 29.5 Å². The molecule has 2 fully saturated rings. The van der Waals surface area contributed by atoms with Crippen LogP contribution < -0.4 is 4.90 Å². The Morgan fingerprint density at radius 3 is 2.86 bits per heavy atom. The van der Waals surface area contributed by atoms with E-state index in [1.165, 1.54) is 0 Å². The third-order valence-electron chi connectivity index (χ3n) is 6.04. The Balaban J connectivity index is 1.66. The van der Waals surface area contributed by atoms with E-state index in [1.54, 1.807) is 28.0 Å². The summed E-state index contributed by atoms with van der Waals surface area (Å²) in [4.78, 5) is 24.2. The molecule has 140 valence electrons. The zero-order valence-electron chi connectivity index (χ0n) is 15.8. The molecule has 0 spiro atoms. The number of aryl methyl sites for hydroxylation is 1. The number of fused-ring (bicyclic) bond motifs is 1. The SMILES string of the molecule is Cc1cncc(-c2cn3nccc3c(N3C[C@@H](C)[C@@](C#N)(C4CC4)C3=O)n2)c1. The van der Waals surface area contributed by atoms with Crippen molar-refractivity contribution in [3.8, 4) is 17.3 Å². The summed E-state index contributed by atoms with van der Waals surface area (Å²) in [5.74, 6) is 0.563. The third kappa shape index (κ3) is 2.27. The minimum absolute atomic E-state index is 0.0356. The van der Waals surface area contributed by atoms with E-state index in [1.807, 2.05) is 32.2 Å². The van der Waals surface area contributed by atoms with Crippen molar-refractivity contribution in [2.24, 2.45) is 17.3 Å². The molecule has 5 rings (SSSR count). The normalized spacial score (nSPS) is 24.7. The number of anilines is 1. The van der Waals surface area contributed by atoms with Crippen molar-refractivity contribution < 1.29 is 4.79 Å². The molecule has 3 aromatic heterocycles. The molecule has 7 nitrogen and oxygen atoms in total. The first-order valence-corrected chi connectivity index (χ1v) is 9.54. The van der Waals surface area contributed by atoms with Gasteiger partial charge in [0.25, 0.3) is 0 Å². The van der Waals surface area contributed by atoms with Gasteiger partial charge in [-0.15, -0.1) is 0 Å². The van der Waals surface area contributed by atoms with Crippen molar-refractivity contribution in [3.63, 3.8) is 0 Å². The van der Waals surface area contributed by atoms with E-state index < -0.39 is 5.41 Å². The van der Waals surface area contributed by atoms with Crippen LogP contribution in [0, 0.1) is 35.5 Å². The average molecular weight is 372 g/mol. The molecule has 2 aliphatic rings. The van der Waals surface area contributed by atoms with Gasteiger partial charge in [-0.3, -0.25) is 14.7 Å². The van der Waals surface area contributed by atoms with Crippen molar-refractivity contribution in [3.05, 3.63) is 42.5 Å². The molecule has 3 aromatic rings. The van der Waals surface area contributed by atoms with Gasteiger partial charge in [0.05, 0.1) is 24.2 Å². The number of amides is 1. The largest absolute Gasteiger partial charge is 0.293 e. The summed E-state index contributed by atoms with van der Waals surface area (Å²) in [6.45, 7) is 4.47. The van der Waals surface area contributed by atoms with Gasteiger partial charge in [-0.2, -0.15) is 10.4 Å². The number of pyridine rings is 1. The Hall–Kier alpha value is -3.27. The summed E-state index contributed by atoms with van der Waals surface area (Å²) in [7, 11) is 0. The van der Waals surface area contributed by atoms with Gasteiger partial charge in [-0.05, 0) is 43.4 Å². The molecule has 28 heavy (non-hydrogen) atoms. The summed E-state index contributed by atoms with van der Waals surface area (Å²) in [6, 6.07) is 6.24. The first-order valence-electron chi connectivity index (χ1n) is 9.54. The van der Waals surface area contributed by atoms with E-state index in [2.05, 4.69) is 16.2 Å². The molecule has 1 aliphatic carbocycles. The summed E-state index contributed by atoms with van der Waals surface area (Å²) < 4.78 is 1.74. The van der Waals surface area contributed by atoms with Crippen molar-refractivity contribution in [1.82, 2.24) is 19.6 Å². The van der Waals surface area contributed by atoms with Gasteiger partial charge < -0.3 is 0 Å². The molecule has 4 heterocycles. The van der Waals surface area contributed by atoms with Crippen LogP contribution in [0.25, 0.3) is 16.8 Å². The number of hydrogen-bond acceptors (Lipinski definition) is 5. The Kier molecular flexibility index (Phi) is 3.53. The van der Waals surface area contributed by atoms with Gasteiger partial charge in [-0.1, -0.05) is 6.92 Å². The summed E-state index contributed by atoms with van der Waals surface area (Å²) in [6.07, 6.45) is 8.98. The van der Waals surface area contributed by atoms with Gasteiger partial charge in [0.2, 0.25) is 5.91 Å². The highest BCUT2D eigenvalue weighted by Gasteiger charge is 2.61. The fourth-order valence-electron chi connectivity index (χ4n) is 4.43. The molecule has 0 radical (unpaired) electrons. The third-order valence-corrected chi connectivity index (χ3v) is 6.04. The predicted octanol–water partition coefficient (Wildman–Crippen LogP) is 3.00. The number of carbonyl (C=O) groups excluding carboxylic acids is 1. The molecular formula is C21H20N6O. The van der Waals surface area contributed by atoms with E-state index in [-0.39, 0.29) is 17.7 Å². The number of nitriles is 1. The Morgan fingerprint density at radius 2 is 2.14 bits per heavy atom. The summed E-state index contributed by atoms with van der Waals surface area (Å²) in [5, 5.41) is 14.3. The smallest absolute Gasteiger partial charge is 0.249 e. The molecule has 2 atom stereocenters. The minimum atomic E-state index is -0.931. The maximum Gasteiger partial charge on any atom is 0.249 e. The lowest BCUT2D eigenvalue weighted by atomic mass is 9.75. The first kappa shape index (κ1) is 16.9. The maximum absolute atomic E-state index is 13.4. The Labute approximate surface area is 162 Å². The topological polar surface area (TPSA) is 87.2 Å². The number of rotatable bonds is 3. The second-order valence-corrected chi connectivity index (χ2v) is 7.93. The van der Waals surface area contributed by atoms with Crippen LogP contribution in [0.1, 0.15) is 25.3 Å². The van der Waals surface area contributed by atoms with Crippen LogP contribution in [0.15, 0.2) is 36.9 Å². The molecule has 7 heteroatoms. The van der Waals surface area contributed by atoms with Crippen molar-refractivity contribution >= 4 is 17.2 Å². The maximum atomic E-state index is 13.4. The highest BCUT2D eigenvalue weighted by atomic mass is 16.2. The van der Waals surface area contributed by atoms with Crippen LogP contribution in [0.4, 0.5) is 5.82 Å². The molecule has 1 saturated heterocycles. The molecular weight excluding hydrogens is 352 g/mol. The zero-order valence-corrected chi connectivity index (χ0v) is 15.8. The lowest BCUT2D eigenvalue weighted by Crippen LogP contribution is -2.37. The monoisotopic (exact) mass is 372 g/mol. The van der Waals surface area contributed by atoms with Crippen molar-refractivity contribution in [1.29, 1.82) is 5.26 Å². The molecule has 0 unspecified atom stereocenters. The Bertz CT molecular complexity index is 1140. The molecule has 0 aromatic carbocycles. The number of nitrogens with zero attached hydrogens (tertiary/aromatic N) is 6. The number of hydrogen-bond donors (Lipinski definition) is 0. The van der Waals surface area contributed by atoms with Crippen LogP contribution >= 0.6 is 0 Å². The number of aromatic nitrogens is 4. The van der Waals surface area contributed by atoms with Crippen LogP contribution in [0.5, 0.6) is 0 Å². The van der Waals surface area contributed by atoms with Gasteiger partial charge in [0, 0.05) is 30.4 Å². The molecule has 0 N–H and O–H groups in total. The lowest BCUT2D eigenvalue weighted by Gasteiger charge is -2.23. The molecule has 1 amide bonds. The fraction of sp³-hybridized carbons (Fsp3) is 0.381. The van der Waals surface area contributed by atoms with Crippen LogP contribution in [0.3, 0.4) is 0 Å². The van der Waals surface area contributed by atoms with Crippen LogP contribution in [-0.4, -0.2) is 32.0 Å². The lowest BCUT2D eigenvalue weighted by molar-refractivity contribution is -0.124. The molecule has 1 saturated carbocycles. The van der Waals surface area contributed by atoms with Crippen LogP contribution in [-0.2, 0) is 4.79 Å². The average Bonchev–Trinajstić information content (AvgIpc) is 3.36. The number of carbonyl (C=O) groups is 1. The van der Waals surface area contributed by atoms with Crippen molar-refractivity contribution in [2.45, 2.75) is 26.7 Å². The fourth-order valence-corrected chi connectivity index (χ4v) is 4.43. The predicted molar refractivity (Wildman–Crippen MR) is 103 cm³/mol. The molecule has 0 bridgehead atoms. The second-order valence-electron chi connectivity index (χ2n) is 7.93. The first-order chi connectivity index (χ1) is 13.5.